The van der Waals surface area contributed by atoms with Gasteiger partial charge in [0.2, 0.25) is 10.0 Å². The summed E-state index contributed by atoms with van der Waals surface area (Å²) in [5.74, 6) is 1.71. The quantitative estimate of drug-likeness (QED) is 0.636. The minimum atomic E-state index is -3.27. The number of hydrogen-bond donors (Lipinski definition) is 1. The van der Waals surface area contributed by atoms with Gasteiger partial charge in [0.15, 0.2) is 0 Å². The van der Waals surface area contributed by atoms with Crippen LogP contribution in [0.1, 0.15) is 11.1 Å². The Hall–Kier alpha value is -2.67. The highest BCUT2D eigenvalue weighted by Gasteiger charge is 2.29. The van der Waals surface area contributed by atoms with Crippen LogP contribution in [0.4, 0.5) is 0 Å². The molecular formula is C24H27N2O3S+. The van der Waals surface area contributed by atoms with E-state index < -0.39 is 10.0 Å². The van der Waals surface area contributed by atoms with E-state index in [1.807, 2.05) is 72.8 Å². The maximum Gasteiger partial charge on any atom is 0.218 e. The van der Waals surface area contributed by atoms with Gasteiger partial charge < -0.3 is 9.64 Å². The van der Waals surface area contributed by atoms with Crippen LogP contribution in [0.3, 0.4) is 0 Å². The van der Waals surface area contributed by atoms with Gasteiger partial charge in [-0.05, 0) is 29.8 Å². The Bertz CT molecular complexity index is 1050. The molecule has 0 atom stereocenters. The summed E-state index contributed by atoms with van der Waals surface area (Å²) < 4.78 is 33.0. The Labute approximate surface area is 178 Å². The molecule has 4 rings (SSSR count). The van der Waals surface area contributed by atoms with Crippen molar-refractivity contribution in [2.24, 2.45) is 0 Å². The van der Waals surface area contributed by atoms with E-state index in [0.717, 1.165) is 36.7 Å². The fourth-order valence-electron chi connectivity index (χ4n) is 3.77. The van der Waals surface area contributed by atoms with Crippen molar-refractivity contribution in [1.29, 1.82) is 0 Å². The van der Waals surface area contributed by atoms with Crippen molar-refractivity contribution in [3.63, 3.8) is 0 Å². The van der Waals surface area contributed by atoms with Crippen LogP contribution in [0.5, 0.6) is 11.5 Å². The number of ether oxygens (including phenoxy) is 1. The number of nitrogens with zero attached hydrogens (tertiary/aromatic N) is 1. The molecule has 1 aliphatic rings. The van der Waals surface area contributed by atoms with Crippen molar-refractivity contribution < 1.29 is 18.1 Å². The van der Waals surface area contributed by atoms with E-state index in [1.54, 1.807) is 4.31 Å². The number of quaternary nitrogens is 1. The van der Waals surface area contributed by atoms with Crippen molar-refractivity contribution >= 4 is 10.0 Å². The number of sulfonamides is 1. The molecule has 1 saturated heterocycles. The molecule has 6 heteroatoms. The predicted molar refractivity (Wildman–Crippen MR) is 118 cm³/mol. The van der Waals surface area contributed by atoms with Gasteiger partial charge in [-0.2, -0.15) is 4.31 Å². The highest BCUT2D eigenvalue weighted by molar-refractivity contribution is 7.88. The van der Waals surface area contributed by atoms with Gasteiger partial charge in [-0.25, -0.2) is 8.42 Å². The highest BCUT2D eigenvalue weighted by atomic mass is 32.2. The SMILES string of the molecule is O=S(=O)(Cc1ccccc1)N1CC[NH+](Cc2cccc(Oc3ccccc3)c2)CC1. The lowest BCUT2D eigenvalue weighted by atomic mass is 10.2. The molecule has 0 saturated carbocycles. The van der Waals surface area contributed by atoms with Crippen LogP contribution in [0.15, 0.2) is 84.9 Å². The fourth-order valence-corrected chi connectivity index (χ4v) is 5.30. The summed E-state index contributed by atoms with van der Waals surface area (Å²) in [5.41, 5.74) is 2.03. The van der Waals surface area contributed by atoms with E-state index in [4.69, 9.17) is 4.74 Å². The summed E-state index contributed by atoms with van der Waals surface area (Å²) >= 11 is 0. The Morgan fingerprint density at radius 3 is 2.07 bits per heavy atom. The normalized spacial score (nSPS) is 15.7. The number of para-hydroxylation sites is 1. The third-order valence-corrected chi connectivity index (χ3v) is 7.20. The van der Waals surface area contributed by atoms with E-state index >= 15 is 0 Å². The van der Waals surface area contributed by atoms with Gasteiger partial charge >= 0.3 is 0 Å². The molecule has 0 amide bonds. The largest absolute Gasteiger partial charge is 0.457 e. The second-order valence-electron chi connectivity index (χ2n) is 7.63. The minimum Gasteiger partial charge on any atom is -0.457 e. The average molecular weight is 424 g/mol. The van der Waals surface area contributed by atoms with Gasteiger partial charge in [0.25, 0.3) is 0 Å². The van der Waals surface area contributed by atoms with Crippen molar-refractivity contribution in [2.75, 3.05) is 26.2 Å². The molecule has 1 fully saturated rings. The van der Waals surface area contributed by atoms with Crippen molar-refractivity contribution in [3.05, 3.63) is 96.1 Å². The van der Waals surface area contributed by atoms with Crippen LogP contribution in [0.2, 0.25) is 0 Å². The van der Waals surface area contributed by atoms with E-state index in [0.29, 0.717) is 13.1 Å². The fraction of sp³-hybridized carbons (Fsp3) is 0.250. The first-order valence-electron chi connectivity index (χ1n) is 10.3. The molecule has 0 aliphatic carbocycles. The molecular weight excluding hydrogens is 396 g/mol. The molecule has 3 aromatic rings. The van der Waals surface area contributed by atoms with Gasteiger partial charge in [-0.1, -0.05) is 60.7 Å². The summed E-state index contributed by atoms with van der Waals surface area (Å²) in [7, 11) is -3.27. The molecule has 1 N–H and O–H groups in total. The summed E-state index contributed by atoms with van der Waals surface area (Å²) in [6, 6.07) is 27.3. The molecule has 30 heavy (non-hydrogen) atoms. The second kappa shape index (κ2) is 9.43. The average Bonchev–Trinajstić information content (AvgIpc) is 2.76. The van der Waals surface area contributed by atoms with Crippen molar-refractivity contribution in [2.45, 2.75) is 12.3 Å². The maximum atomic E-state index is 12.7. The van der Waals surface area contributed by atoms with Gasteiger partial charge in [-0.15, -0.1) is 0 Å². The lowest BCUT2D eigenvalue weighted by molar-refractivity contribution is -0.917. The smallest absolute Gasteiger partial charge is 0.218 e. The van der Waals surface area contributed by atoms with Crippen LogP contribution in [0.25, 0.3) is 0 Å². The molecule has 0 bridgehead atoms. The monoisotopic (exact) mass is 423 g/mol. The Kier molecular flexibility index (Phi) is 6.47. The van der Waals surface area contributed by atoms with E-state index in [-0.39, 0.29) is 5.75 Å². The summed E-state index contributed by atoms with van der Waals surface area (Å²) in [6.07, 6.45) is 0. The predicted octanol–water partition coefficient (Wildman–Crippen LogP) is 2.71. The summed E-state index contributed by atoms with van der Waals surface area (Å²) in [6.45, 7) is 3.59. The molecule has 1 heterocycles. The van der Waals surface area contributed by atoms with Crippen LogP contribution in [-0.2, 0) is 22.3 Å². The number of benzene rings is 3. The van der Waals surface area contributed by atoms with Crippen LogP contribution in [-0.4, -0.2) is 38.9 Å². The first-order valence-corrected chi connectivity index (χ1v) is 11.9. The van der Waals surface area contributed by atoms with Crippen LogP contribution >= 0.6 is 0 Å². The zero-order chi connectivity index (χ0) is 20.8. The Balaban J connectivity index is 1.32. The van der Waals surface area contributed by atoms with E-state index in [9.17, 15) is 8.42 Å². The molecule has 3 aromatic carbocycles. The van der Waals surface area contributed by atoms with Crippen LogP contribution < -0.4 is 9.64 Å². The zero-order valence-corrected chi connectivity index (χ0v) is 17.7. The van der Waals surface area contributed by atoms with Crippen molar-refractivity contribution in [3.8, 4) is 11.5 Å². The second-order valence-corrected chi connectivity index (χ2v) is 9.60. The standard InChI is InChI=1S/C24H26N2O3S/c27-30(28,20-21-8-3-1-4-9-21)26-16-14-25(15-17-26)19-22-10-7-13-24(18-22)29-23-11-5-2-6-12-23/h1-13,18H,14-17,19-20H2/p+1. The summed E-state index contributed by atoms with van der Waals surface area (Å²) in [5, 5.41) is 0. The Morgan fingerprint density at radius 1 is 0.767 bits per heavy atom. The number of piperazine rings is 1. The molecule has 0 aromatic heterocycles. The van der Waals surface area contributed by atoms with Crippen molar-refractivity contribution in [1.82, 2.24) is 4.31 Å². The topological polar surface area (TPSA) is 51.0 Å². The van der Waals surface area contributed by atoms with E-state index in [2.05, 4.69) is 12.1 Å². The lowest BCUT2D eigenvalue weighted by Gasteiger charge is -2.31. The molecule has 0 spiro atoms. The molecule has 5 nitrogen and oxygen atoms in total. The molecule has 0 radical (unpaired) electrons. The third-order valence-electron chi connectivity index (χ3n) is 5.35. The number of rotatable bonds is 7. The summed E-state index contributed by atoms with van der Waals surface area (Å²) in [4.78, 5) is 1.39. The lowest BCUT2D eigenvalue weighted by Crippen LogP contribution is -3.13. The minimum absolute atomic E-state index is 0.0715. The molecule has 1 aliphatic heterocycles. The first kappa shape index (κ1) is 20.6. The maximum absolute atomic E-state index is 12.7. The van der Waals surface area contributed by atoms with Crippen LogP contribution in [0, 0.1) is 0 Å². The Morgan fingerprint density at radius 2 is 1.37 bits per heavy atom. The van der Waals surface area contributed by atoms with Gasteiger partial charge in [0, 0.05) is 5.56 Å². The zero-order valence-electron chi connectivity index (χ0n) is 16.9. The highest BCUT2D eigenvalue weighted by Crippen LogP contribution is 2.21. The van der Waals surface area contributed by atoms with Gasteiger partial charge in [0.1, 0.15) is 18.0 Å². The van der Waals surface area contributed by atoms with Gasteiger partial charge in [0.05, 0.1) is 31.9 Å². The van der Waals surface area contributed by atoms with Gasteiger partial charge in [-0.3, -0.25) is 0 Å². The third kappa shape index (κ3) is 5.48. The molecule has 156 valence electrons. The van der Waals surface area contributed by atoms with E-state index in [1.165, 1.54) is 10.5 Å². The first-order chi connectivity index (χ1) is 14.6. The molecule has 0 unspecified atom stereocenters. The number of nitrogens with one attached hydrogen (secondary N) is 1. The number of hydrogen-bond acceptors (Lipinski definition) is 3.